The van der Waals surface area contributed by atoms with E-state index in [0.717, 1.165) is 18.9 Å². The van der Waals surface area contributed by atoms with Crippen LogP contribution in [-0.4, -0.2) is 23.9 Å². The SMILES string of the molecule is CN(CCC1CCCC1)C(=O)Cl. The summed E-state index contributed by atoms with van der Waals surface area (Å²) < 4.78 is 0. The molecule has 1 aliphatic rings. The predicted octanol–water partition coefficient (Wildman–Crippen LogP) is 2.86. The number of hydrogen-bond acceptors (Lipinski definition) is 1. The van der Waals surface area contributed by atoms with Gasteiger partial charge in [-0.05, 0) is 23.9 Å². The van der Waals surface area contributed by atoms with Crippen molar-refractivity contribution in [1.82, 2.24) is 4.90 Å². The minimum Gasteiger partial charge on any atom is -0.332 e. The van der Waals surface area contributed by atoms with E-state index < -0.39 is 0 Å². The molecule has 1 amide bonds. The van der Waals surface area contributed by atoms with Crippen molar-refractivity contribution in [3.05, 3.63) is 0 Å². The molecule has 12 heavy (non-hydrogen) atoms. The van der Waals surface area contributed by atoms with Crippen molar-refractivity contribution in [3.8, 4) is 0 Å². The average molecular weight is 190 g/mol. The molecule has 2 nitrogen and oxygen atoms in total. The van der Waals surface area contributed by atoms with E-state index in [2.05, 4.69) is 0 Å². The first-order valence-electron chi connectivity index (χ1n) is 4.60. The monoisotopic (exact) mass is 189 g/mol. The fourth-order valence-corrected chi connectivity index (χ4v) is 1.85. The van der Waals surface area contributed by atoms with Crippen molar-refractivity contribution >= 4 is 17.0 Å². The Balaban J connectivity index is 2.11. The minimum atomic E-state index is -0.340. The maximum Gasteiger partial charge on any atom is 0.316 e. The van der Waals surface area contributed by atoms with Crippen LogP contribution in [0.2, 0.25) is 0 Å². The molecule has 0 aliphatic heterocycles. The Morgan fingerprint density at radius 3 is 2.58 bits per heavy atom. The van der Waals surface area contributed by atoms with Crippen molar-refractivity contribution in [2.24, 2.45) is 5.92 Å². The molecule has 0 heterocycles. The second kappa shape index (κ2) is 4.70. The summed E-state index contributed by atoms with van der Waals surface area (Å²) in [5, 5.41) is -0.340. The van der Waals surface area contributed by atoms with Gasteiger partial charge in [0.2, 0.25) is 0 Å². The smallest absolute Gasteiger partial charge is 0.316 e. The lowest BCUT2D eigenvalue weighted by molar-refractivity contribution is 0.228. The van der Waals surface area contributed by atoms with E-state index in [-0.39, 0.29) is 5.37 Å². The van der Waals surface area contributed by atoms with Gasteiger partial charge in [0.15, 0.2) is 0 Å². The molecule has 0 N–H and O–H groups in total. The molecule has 0 aromatic carbocycles. The molecule has 1 fully saturated rings. The first-order valence-corrected chi connectivity index (χ1v) is 4.98. The number of carbonyl (C=O) groups is 1. The molecule has 0 saturated heterocycles. The van der Waals surface area contributed by atoms with Crippen molar-refractivity contribution in [2.75, 3.05) is 13.6 Å². The van der Waals surface area contributed by atoms with Crippen LogP contribution >= 0.6 is 11.6 Å². The highest BCUT2D eigenvalue weighted by molar-refractivity contribution is 6.62. The van der Waals surface area contributed by atoms with Gasteiger partial charge in [0.1, 0.15) is 0 Å². The Morgan fingerprint density at radius 2 is 2.08 bits per heavy atom. The summed E-state index contributed by atoms with van der Waals surface area (Å²) in [5.41, 5.74) is 0. The van der Waals surface area contributed by atoms with Crippen LogP contribution in [0.4, 0.5) is 4.79 Å². The Hall–Kier alpha value is -0.240. The van der Waals surface area contributed by atoms with Gasteiger partial charge in [0.25, 0.3) is 0 Å². The summed E-state index contributed by atoms with van der Waals surface area (Å²) in [4.78, 5) is 12.2. The van der Waals surface area contributed by atoms with Gasteiger partial charge in [-0.25, -0.2) is 0 Å². The van der Waals surface area contributed by atoms with Gasteiger partial charge in [-0.3, -0.25) is 4.79 Å². The summed E-state index contributed by atoms with van der Waals surface area (Å²) in [6.07, 6.45) is 6.52. The number of halogens is 1. The van der Waals surface area contributed by atoms with E-state index in [0.29, 0.717) is 0 Å². The second-order valence-electron chi connectivity index (χ2n) is 3.61. The summed E-state index contributed by atoms with van der Waals surface area (Å²) in [6, 6.07) is 0. The molecule has 1 rings (SSSR count). The maximum absolute atomic E-state index is 10.6. The van der Waals surface area contributed by atoms with Crippen LogP contribution in [0.1, 0.15) is 32.1 Å². The zero-order chi connectivity index (χ0) is 8.97. The quantitative estimate of drug-likeness (QED) is 0.494. The third-order valence-corrected chi connectivity index (χ3v) is 2.94. The van der Waals surface area contributed by atoms with Gasteiger partial charge in [-0.1, -0.05) is 25.7 Å². The van der Waals surface area contributed by atoms with Crippen molar-refractivity contribution in [1.29, 1.82) is 0 Å². The predicted molar refractivity (Wildman–Crippen MR) is 50.5 cm³/mol. The highest BCUT2D eigenvalue weighted by atomic mass is 35.5. The highest BCUT2D eigenvalue weighted by Crippen LogP contribution is 2.27. The molecule has 1 aliphatic carbocycles. The summed E-state index contributed by atoms with van der Waals surface area (Å²) in [5.74, 6) is 0.837. The van der Waals surface area contributed by atoms with E-state index in [9.17, 15) is 4.79 Å². The Labute approximate surface area is 78.9 Å². The molecular weight excluding hydrogens is 174 g/mol. The second-order valence-corrected chi connectivity index (χ2v) is 3.94. The van der Waals surface area contributed by atoms with Crippen molar-refractivity contribution in [3.63, 3.8) is 0 Å². The maximum atomic E-state index is 10.6. The number of hydrogen-bond donors (Lipinski definition) is 0. The van der Waals surface area contributed by atoms with Crippen molar-refractivity contribution in [2.45, 2.75) is 32.1 Å². The first-order chi connectivity index (χ1) is 5.70. The van der Waals surface area contributed by atoms with E-state index in [4.69, 9.17) is 11.6 Å². The fraction of sp³-hybridized carbons (Fsp3) is 0.889. The van der Waals surface area contributed by atoms with Gasteiger partial charge >= 0.3 is 5.37 Å². The molecule has 0 radical (unpaired) electrons. The van der Waals surface area contributed by atoms with Crippen molar-refractivity contribution < 1.29 is 4.79 Å². The van der Waals surface area contributed by atoms with Crippen LogP contribution in [0, 0.1) is 5.92 Å². The van der Waals surface area contributed by atoms with E-state index in [1.807, 2.05) is 0 Å². The van der Waals surface area contributed by atoms with Gasteiger partial charge in [-0.15, -0.1) is 0 Å². The van der Waals surface area contributed by atoms with Crippen LogP contribution in [0.15, 0.2) is 0 Å². The zero-order valence-corrected chi connectivity index (χ0v) is 8.31. The van der Waals surface area contributed by atoms with Crippen LogP contribution in [0.25, 0.3) is 0 Å². The third-order valence-electron chi connectivity index (χ3n) is 2.65. The minimum absolute atomic E-state index is 0.340. The molecule has 0 unspecified atom stereocenters. The van der Waals surface area contributed by atoms with Gasteiger partial charge in [0, 0.05) is 13.6 Å². The number of nitrogens with zero attached hydrogens (tertiary/aromatic N) is 1. The number of carbonyl (C=O) groups excluding carboxylic acids is 1. The van der Waals surface area contributed by atoms with Crippen LogP contribution < -0.4 is 0 Å². The lowest BCUT2D eigenvalue weighted by Crippen LogP contribution is -2.23. The van der Waals surface area contributed by atoms with Crippen LogP contribution in [-0.2, 0) is 0 Å². The molecule has 0 atom stereocenters. The van der Waals surface area contributed by atoms with E-state index in [1.54, 1.807) is 11.9 Å². The van der Waals surface area contributed by atoms with Gasteiger partial charge in [0.05, 0.1) is 0 Å². The Kier molecular flexibility index (Phi) is 3.86. The number of rotatable bonds is 3. The average Bonchev–Trinajstić information content (AvgIpc) is 2.51. The van der Waals surface area contributed by atoms with Crippen LogP contribution in [0.5, 0.6) is 0 Å². The van der Waals surface area contributed by atoms with E-state index >= 15 is 0 Å². The number of amides is 1. The molecule has 1 saturated carbocycles. The molecule has 0 aromatic rings. The van der Waals surface area contributed by atoms with Gasteiger partial charge < -0.3 is 4.90 Å². The molecule has 3 heteroatoms. The fourth-order valence-electron chi connectivity index (χ4n) is 1.76. The summed E-state index contributed by atoms with van der Waals surface area (Å²) >= 11 is 5.30. The lowest BCUT2D eigenvalue weighted by atomic mass is 10.0. The van der Waals surface area contributed by atoms with Crippen LogP contribution in [0.3, 0.4) is 0 Å². The largest absolute Gasteiger partial charge is 0.332 e. The topological polar surface area (TPSA) is 20.3 Å². The Bertz CT molecular complexity index is 155. The molecule has 0 bridgehead atoms. The normalized spacial score (nSPS) is 18.2. The Morgan fingerprint density at radius 1 is 1.50 bits per heavy atom. The summed E-state index contributed by atoms with van der Waals surface area (Å²) in [6.45, 7) is 0.812. The third kappa shape index (κ3) is 3.02. The van der Waals surface area contributed by atoms with Gasteiger partial charge in [-0.2, -0.15) is 0 Å². The zero-order valence-electron chi connectivity index (χ0n) is 7.55. The van der Waals surface area contributed by atoms with E-state index in [1.165, 1.54) is 25.7 Å². The molecular formula is C9H16ClNO. The molecule has 0 aromatic heterocycles. The standard InChI is InChI=1S/C9H16ClNO/c1-11(9(10)12)7-6-8-4-2-3-5-8/h8H,2-7H2,1H3. The molecule has 70 valence electrons. The highest BCUT2D eigenvalue weighted by Gasteiger charge is 2.15. The molecule has 0 spiro atoms. The lowest BCUT2D eigenvalue weighted by Gasteiger charge is -2.15. The first kappa shape index (κ1) is 9.85. The summed E-state index contributed by atoms with van der Waals surface area (Å²) in [7, 11) is 1.75.